The van der Waals surface area contributed by atoms with Crippen LogP contribution in [0, 0.1) is 5.41 Å². The van der Waals surface area contributed by atoms with Crippen LogP contribution in [0.3, 0.4) is 0 Å². The Hall–Kier alpha value is -1.95. The van der Waals surface area contributed by atoms with Crippen LogP contribution in [0.15, 0.2) is 18.2 Å². The number of primary amides is 1. The number of thiocarbonyl (C=S) groups is 1. The van der Waals surface area contributed by atoms with Gasteiger partial charge in [-0.15, -0.1) is 0 Å². The molecule has 0 heterocycles. The van der Waals surface area contributed by atoms with E-state index in [0.29, 0.717) is 5.56 Å². The second-order valence-corrected chi connectivity index (χ2v) is 3.31. The number of benzene rings is 1. The van der Waals surface area contributed by atoms with Crippen LogP contribution in [-0.4, -0.2) is 16.7 Å². The van der Waals surface area contributed by atoms with Crippen LogP contribution in [0.25, 0.3) is 0 Å². The van der Waals surface area contributed by atoms with E-state index < -0.39 is 5.91 Å². The van der Waals surface area contributed by atoms with E-state index in [9.17, 15) is 4.79 Å². The zero-order valence-corrected chi connectivity index (χ0v) is 8.60. The lowest BCUT2D eigenvalue weighted by Crippen LogP contribution is -2.25. The monoisotopic (exact) mass is 222 g/mol. The molecule has 0 aliphatic carbocycles. The molecule has 0 fully saturated rings. The fourth-order valence-electron chi connectivity index (χ4n) is 1.25. The molecule has 0 aliphatic heterocycles. The standard InChI is InChI=1S/C9H10N4OS/c10-7(11)4-2-1-3-5(9(13)15)6(4)8(12)14/h1-3H,(H3,10,11)(H2,12,14)(H2,13,15). The van der Waals surface area contributed by atoms with Gasteiger partial charge < -0.3 is 17.2 Å². The first-order chi connectivity index (χ1) is 6.95. The molecule has 0 aliphatic rings. The summed E-state index contributed by atoms with van der Waals surface area (Å²) in [6.07, 6.45) is 0. The zero-order valence-electron chi connectivity index (χ0n) is 7.78. The molecule has 1 aromatic carbocycles. The first kappa shape index (κ1) is 11.1. The molecule has 0 spiro atoms. The summed E-state index contributed by atoms with van der Waals surface area (Å²) in [6, 6.07) is 4.69. The Morgan fingerprint density at radius 3 is 2.13 bits per heavy atom. The number of hydrogen-bond donors (Lipinski definition) is 4. The largest absolute Gasteiger partial charge is 0.389 e. The summed E-state index contributed by atoms with van der Waals surface area (Å²) >= 11 is 4.77. The summed E-state index contributed by atoms with van der Waals surface area (Å²) in [7, 11) is 0. The number of amidine groups is 1. The first-order valence-electron chi connectivity index (χ1n) is 4.02. The lowest BCUT2D eigenvalue weighted by Gasteiger charge is -2.09. The van der Waals surface area contributed by atoms with Crippen LogP contribution in [0.4, 0.5) is 0 Å². The Balaban J connectivity index is 3.56. The Kier molecular flexibility index (Phi) is 3.01. The highest BCUT2D eigenvalue weighted by molar-refractivity contribution is 7.80. The average Bonchev–Trinajstić information content (AvgIpc) is 2.16. The van der Waals surface area contributed by atoms with Crippen molar-refractivity contribution >= 4 is 28.9 Å². The minimum absolute atomic E-state index is 0.0481. The summed E-state index contributed by atoms with van der Waals surface area (Å²) in [5, 5.41) is 7.29. The molecule has 0 saturated heterocycles. The van der Waals surface area contributed by atoms with Gasteiger partial charge in [0, 0.05) is 11.1 Å². The van der Waals surface area contributed by atoms with Crippen LogP contribution in [0.5, 0.6) is 0 Å². The second kappa shape index (κ2) is 4.05. The molecule has 0 aromatic heterocycles. The molecular formula is C9H10N4OS. The molecule has 0 atom stereocenters. The smallest absolute Gasteiger partial charge is 0.250 e. The van der Waals surface area contributed by atoms with Gasteiger partial charge in [-0.3, -0.25) is 10.2 Å². The zero-order chi connectivity index (χ0) is 11.6. The quantitative estimate of drug-likeness (QED) is 0.319. The molecular weight excluding hydrogens is 212 g/mol. The van der Waals surface area contributed by atoms with Gasteiger partial charge in [0.1, 0.15) is 10.8 Å². The maximum atomic E-state index is 11.2. The van der Waals surface area contributed by atoms with Crippen molar-refractivity contribution in [1.82, 2.24) is 0 Å². The Morgan fingerprint density at radius 2 is 1.73 bits per heavy atom. The van der Waals surface area contributed by atoms with Crippen LogP contribution in [0.1, 0.15) is 21.5 Å². The highest BCUT2D eigenvalue weighted by Gasteiger charge is 2.16. The SMILES string of the molecule is N=C(N)c1cccc(C(N)=S)c1C(N)=O. The van der Waals surface area contributed by atoms with Gasteiger partial charge in [0.2, 0.25) is 5.91 Å². The predicted molar refractivity (Wildman–Crippen MR) is 61.9 cm³/mol. The topological polar surface area (TPSA) is 119 Å². The van der Waals surface area contributed by atoms with Gasteiger partial charge in [0.15, 0.2) is 0 Å². The molecule has 6 heteroatoms. The molecule has 15 heavy (non-hydrogen) atoms. The van der Waals surface area contributed by atoms with Crippen molar-refractivity contribution in [3.05, 3.63) is 34.9 Å². The third-order valence-corrected chi connectivity index (χ3v) is 2.09. The maximum absolute atomic E-state index is 11.2. The van der Waals surface area contributed by atoms with E-state index in [4.69, 9.17) is 34.8 Å². The van der Waals surface area contributed by atoms with Gasteiger partial charge in [0.25, 0.3) is 0 Å². The predicted octanol–water partition coefficient (Wildman–Crippen LogP) is -0.296. The Morgan fingerprint density at radius 1 is 1.20 bits per heavy atom. The van der Waals surface area contributed by atoms with Crippen molar-refractivity contribution in [1.29, 1.82) is 5.41 Å². The highest BCUT2D eigenvalue weighted by Crippen LogP contribution is 2.14. The van der Waals surface area contributed by atoms with Crippen LogP contribution < -0.4 is 17.2 Å². The minimum atomic E-state index is -0.705. The van der Waals surface area contributed by atoms with Gasteiger partial charge >= 0.3 is 0 Å². The van der Waals surface area contributed by atoms with Gasteiger partial charge in [0.05, 0.1) is 5.56 Å². The van der Waals surface area contributed by atoms with Gasteiger partial charge in [-0.05, 0) is 0 Å². The van der Waals surface area contributed by atoms with E-state index in [2.05, 4.69) is 0 Å². The van der Waals surface area contributed by atoms with Crippen LogP contribution >= 0.6 is 12.2 Å². The number of nitrogen functional groups attached to an aromatic ring is 1. The summed E-state index contributed by atoms with van der Waals surface area (Å²) in [6.45, 7) is 0. The minimum Gasteiger partial charge on any atom is -0.389 e. The fourth-order valence-corrected chi connectivity index (χ4v) is 1.42. The molecule has 7 N–H and O–H groups in total. The average molecular weight is 222 g/mol. The van der Waals surface area contributed by atoms with Gasteiger partial charge in [-0.2, -0.15) is 0 Å². The summed E-state index contributed by atoms with van der Waals surface area (Å²) in [4.78, 5) is 11.3. The van der Waals surface area contributed by atoms with Crippen molar-refractivity contribution in [2.45, 2.75) is 0 Å². The van der Waals surface area contributed by atoms with E-state index >= 15 is 0 Å². The molecule has 5 nitrogen and oxygen atoms in total. The van der Waals surface area contributed by atoms with Gasteiger partial charge in [-0.1, -0.05) is 30.4 Å². The van der Waals surface area contributed by atoms with Crippen LogP contribution in [0.2, 0.25) is 0 Å². The molecule has 78 valence electrons. The third-order valence-electron chi connectivity index (χ3n) is 1.87. The Labute approximate surface area is 91.8 Å². The van der Waals surface area contributed by atoms with Crippen molar-refractivity contribution in [3.8, 4) is 0 Å². The summed E-state index contributed by atoms with van der Waals surface area (Å²) in [5.41, 5.74) is 16.6. The number of hydrogen-bond acceptors (Lipinski definition) is 3. The van der Waals surface area contributed by atoms with Crippen LogP contribution in [-0.2, 0) is 0 Å². The highest BCUT2D eigenvalue weighted by atomic mass is 32.1. The Bertz CT molecular complexity index is 423. The van der Waals surface area contributed by atoms with Crippen molar-refractivity contribution in [2.75, 3.05) is 0 Å². The number of rotatable bonds is 3. The van der Waals surface area contributed by atoms with E-state index in [0.717, 1.165) is 0 Å². The number of amides is 1. The van der Waals surface area contributed by atoms with Gasteiger partial charge in [-0.25, -0.2) is 0 Å². The van der Waals surface area contributed by atoms with E-state index in [-0.39, 0.29) is 22.0 Å². The molecule has 1 amide bonds. The normalized spacial score (nSPS) is 9.60. The molecule has 0 bridgehead atoms. The molecule has 0 radical (unpaired) electrons. The molecule has 0 saturated carbocycles. The van der Waals surface area contributed by atoms with Crippen molar-refractivity contribution < 1.29 is 4.79 Å². The maximum Gasteiger partial charge on any atom is 0.250 e. The number of carbonyl (C=O) groups is 1. The summed E-state index contributed by atoms with van der Waals surface area (Å²) < 4.78 is 0. The number of nitrogens with two attached hydrogens (primary N) is 3. The van der Waals surface area contributed by atoms with Crippen molar-refractivity contribution in [2.24, 2.45) is 17.2 Å². The van der Waals surface area contributed by atoms with E-state index in [1.807, 2.05) is 0 Å². The molecule has 1 aromatic rings. The number of nitrogens with one attached hydrogen (secondary N) is 1. The lowest BCUT2D eigenvalue weighted by atomic mass is 9.99. The fraction of sp³-hybridized carbons (Fsp3) is 0. The first-order valence-corrected chi connectivity index (χ1v) is 4.43. The van der Waals surface area contributed by atoms with Crippen molar-refractivity contribution in [3.63, 3.8) is 0 Å². The van der Waals surface area contributed by atoms with E-state index in [1.54, 1.807) is 12.1 Å². The second-order valence-electron chi connectivity index (χ2n) is 2.87. The third kappa shape index (κ3) is 2.10. The molecule has 1 rings (SSSR count). The van der Waals surface area contributed by atoms with E-state index in [1.165, 1.54) is 6.07 Å². The molecule has 0 unspecified atom stereocenters. The summed E-state index contributed by atoms with van der Waals surface area (Å²) in [5.74, 6) is -0.953. The lowest BCUT2D eigenvalue weighted by molar-refractivity contribution is 0.1000. The number of carbonyl (C=O) groups excluding carboxylic acids is 1.